The molecule has 3 rings (SSSR count). The van der Waals surface area contributed by atoms with Crippen molar-refractivity contribution >= 4 is 5.78 Å². The third-order valence-electron chi connectivity index (χ3n) is 4.07. The van der Waals surface area contributed by atoms with Gasteiger partial charge in [0.1, 0.15) is 17.1 Å². The average Bonchev–Trinajstić information content (AvgIpc) is 2.38. The second-order valence-corrected chi connectivity index (χ2v) is 5.18. The van der Waals surface area contributed by atoms with Crippen molar-refractivity contribution in [3.63, 3.8) is 0 Å². The molecule has 1 atom stereocenters. The quantitative estimate of drug-likeness (QED) is 0.764. The van der Waals surface area contributed by atoms with Crippen LogP contribution in [0.15, 0.2) is 18.2 Å². The summed E-state index contributed by atoms with van der Waals surface area (Å²) in [5, 5.41) is 0. The van der Waals surface area contributed by atoms with Gasteiger partial charge in [-0.05, 0) is 42.5 Å². The van der Waals surface area contributed by atoms with Crippen LogP contribution in [-0.2, 0) is 21.6 Å². The normalized spacial score (nSPS) is 27.1. The Morgan fingerprint density at radius 2 is 2.22 bits per heavy atom. The summed E-state index contributed by atoms with van der Waals surface area (Å²) in [6.45, 7) is 0.560. The van der Waals surface area contributed by atoms with Gasteiger partial charge in [-0.3, -0.25) is 4.79 Å². The minimum absolute atomic E-state index is 0.324. The largest absolute Gasteiger partial charge is 0.497 e. The van der Waals surface area contributed by atoms with Crippen molar-refractivity contribution in [2.45, 2.75) is 37.7 Å². The maximum absolute atomic E-state index is 11.8. The number of carbonyl (C=O) groups excluding carboxylic acids is 1. The minimum Gasteiger partial charge on any atom is -0.497 e. The summed E-state index contributed by atoms with van der Waals surface area (Å²) < 4.78 is 11.3. The second kappa shape index (κ2) is 4.39. The van der Waals surface area contributed by atoms with Crippen LogP contribution in [0, 0.1) is 0 Å². The SMILES string of the molecule is COc1ccc2c(c1)CCCC21CC(=O)CCO1. The number of carbonyl (C=O) groups is 1. The van der Waals surface area contributed by atoms with Crippen molar-refractivity contribution in [1.29, 1.82) is 0 Å². The summed E-state index contributed by atoms with van der Waals surface area (Å²) in [5.41, 5.74) is 2.12. The van der Waals surface area contributed by atoms with Crippen molar-refractivity contribution in [3.8, 4) is 5.75 Å². The number of methoxy groups -OCH3 is 1. The predicted octanol–water partition coefficient (Wildman–Crippen LogP) is 2.61. The van der Waals surface area contributed by atoms with Gasteiger partial charge in [-0.1, -0.05) is 6.07 Å². The van der Waals surface area contributed by atoms with Gasteiger partial charge < -0.3 is 9.47 Å². The van der Waals surface area contributed by atoms with Gasteiger partial charge in [0.15, 0.2) is 0 Å². The molecule has 0 bridgehead atoms. The molecule has 0 aromatic heterocycles. The maximum Gasteiger partial charge on any atom is 0.138 e. The van der Waals surface area contributed by atoms with E-state index in [1.54, 1.807) is 7.11 Å². The third kappa shape index (κ3) is 1.83. The number of aryl methyl sites for hydroxylation is 1. The Balaban J connectivity index is 2.03. The summed E-state index contributed by atoms with van der Waals surface area (Å²) in [4.78, 5) is 11.8. The van der Waals surface area contributed by atoms with E-state index in [9.17, 15) is 4.79 Å². The van der Waals surface area contributed by atoms with Crippen molar-refractivity contribution in [1.82, 2.24) is 0 Å². The summed E-state index contributed by atoms with van der Waals surface area (Å²) >= 11 is 0. The summed E-state index contributed by atoms with van der Waals surface area (Å²) in [5.74, 6) is 1.21. The molecule has 1 aliphatic heterocycles. The molecule has 1 spiro atoms. The fraction of sp³-hybridized carbons (Fsp3) is 0.533. The van der Waals surface area contributed by atoms with E-state index in [-0.39, 0.29) is 5.60 Å². The van der Waals surface area contributed by atoms with Gasteiger partial charge in [0.25, 0.3) is 0 Å². The highest BCUT2D eigenvalue weighted by Crippen LogP contribution is 2.44. The van der Waals surface area contributed by atoms with Crippen molar-refractivity contribution in [2.24, 2.45) is 0 Å². The predicted molar refractivity (Wildman–Crippen MR) is 67.8 cm³/mol. The Labute approximate surface area is 107 Å². The number of Topliss-reactive ketones (excluding diaryl/α,β-unsaturated/α-hetero) is 1. The van der Waals surface area contributed by atoms with Crippen LogP contribution in [0.3, 0.4) is 0 Å². The van der Waals surface area contributed by atoms with Gasteiger partial charge in [-0.25, -0.2) is 0 Å². The van der Waals surface area contributed by atoms with Gasteiger partial charge in [-0.2, -0.15) is 0 Å². The van der Waals surface area contributed by atoms with Crippen LogP contribution >= 0.6 is 0 Å². The number of hydrogen-bond acceptors (Lipinski definition) is 3. The zero-order valence-corrected chi connectivity index (χ0v) is 10.7. The number of ketones is 1. The molecule has 1 aromatic rings. The van der Waals surface area contributed by atoms with Crippen LogP contribution in [0.2, 0.25) is 0 Å². The van der Waals surface area contributed by atoms with Crippen molar-refractivity contribution in [2.75, 3.05) is 13.7 Å². The first-order valence-corrected chi connectivity index (χ1v) is 6.57. The topological polar surface area (TPSA) is 35.5 Å². The summed E-state index contributed by atoms with van der Waals surface area (Å²) in [6.07, 6.45) is 4.18. The van der Waals surface area contributed by atoms with E-state index < -0.39 is 0 Å². The van der Waals surface area contributed by atoms with E-state index in [0.717, 1.165) is 25.0 Å². The molecule has 1 unspecified atom stereocenters. The fourth-order valence-corrected chi connectivity index (χ4v) is 3.20. The van der Waals surface area contributed by atoms with Crippen LogP contribution in [-0.4, -0.2) is 19.5 Å². The molecular weight excluding hydrogens is 228 g/mol. The van der Waals surface area contributed by atoms with E-state index in [2.05, 4.69) is 12.1 Å². The Kier molecular flexibility index (Phi) is 2.86. The number of fused-ring (bicyclic) bond motifs is 2. The number of rotatable bonds is 1. The lowest BCUT2D eigenvalue weighted by molar-refractivity contribution is -0.144. The summed E-state index contributed by atoms with van der Waals surface area (Å²) in [6, 6.07) is 6.12. The molecule has 0 saturated carbocycles. The highest BCUT2D eigenvalue weighted by Gasteiger charge is 2.41. The smallest absolute Gasteiger partial charge is 0.138 e. The van der Waals surface area contributed by atoms with Crippen LogP contribution in [0.25, 0.3) is 0 Å². The van der Waals surface area contributed by atoms with E-state index in [1.807, 2.05) is 6.07 Å². The summed E-state index contributed by atoms with van der Waals surface area (Å²) in [7, 11) is 1.68. The molecule has 3 nitrogen and oxygen atoms in total. The molecule has 1 saturated heterocycles. The Morgan fingerprint density at radius 3 is 3.00 bits per heavy atom. The molecule has 1 fully saturated rings. The molecule has 2 aliphatic rings. The lowest BCUT2D eigenvalue weighted by Gasteiger charge is -2.41. The standard InChI is InChI=1S/C15H18O3/c1-17-13-4-5-14-11(9-13)3-2-7-15(14)10-12(16)6-8-18-15/h4-5,9H,2-3,6-8,10H2,1H3. The second-order valence-electron chi connectivity index (χ2n) is 5.18. The first kappa shape index (κ1) is 11.7. The molecule has 1 aliphatic carbocycles. The Bertz CT molecular complexity index is 481. The highest BCUT2D eigenvalue weighted by atomic mass is 16.5. The molecule has 1 heterocycles. The monoisotopic (exact) mass is 246 g/mol. The van der Waals surface area contributed by atoms with Gasteiger partial charge in [-0.15, -0.1) is 0 Å². The van der Waals surface area contributed by atoms with Crippen LogP contribution < -0.4 is 4.74 Å². The molecule has 0 radical (unpaired) electrons. The average molecular weight is 246 g/mol. The zero-order chi connectivity index (χ0) is 12.6. The molecule has 18 heavy (non-hydrogen) atoms. The number of ether oxygens (including phenoxy) is 2. The zero-order valence-electron chi connectivity index (χ0n) is 10.7. The van der Waals surface area contributed by atoms with Crippen molar-refractivity contribution in [3.05, 3.63) is 29.3 Å². The molecule has 0 amide bonds. The van der Waals surface area contributed by atoms with Gasteiger partial charge >= 0.3 is 0 Å². The Morgan fingerprint density at radius 1 is 1.33 bits per heavy atom. The van der Waals surface area contributed by atoms with Crippen LogP contribution in [0.5, 0.6) is 5.75 Å². The van der Waals surface area contributed by atoms with Crippen LogP contribution in [0.4, 0.5) is 0 Å². The van der Waals surface area contributed by atoms with Gasteiger partial charge in [0, 0.05) is 12.8 Å². The molecule has 0 N–H and O–H groups in total. The molecule has 3 heteroatoms. The lowest BCUT2D eigenvalue weighted by Crippen LogP contribution is -2.40. The van der Waals surface area contributed by atoms with E-state index in [4.69, 9.17) is 9.47 Å². The molecule has 96 valence electrons. The lowest BCUT2D eigenvalue weighted by atomic mass is 9.75. The molecule has 1 aromatic carbocycles. The van der Waals surface area contributed by atoms with E-state index in [0.29, 0.717) is 25.2 Å². The highest BCUT2D eigenvalue weighted by molar-refractivity contribution is 5.80. The maximum atomic E-state index is 11.8. The number of hydrogen-bond donors (Lipinski definition) is 0. The van der Waals surface area contributed by atoms with Crippen molar-refractivity contribution < 1.29 is 14.3 Å². The van der Waals surface area contributed by atoms with Crippen LogP contribution in [0.1, 0.15) is 36.8 Å². The first-order chi connectivity index (χ1) is 8.73. The molecular formula is C15H18O3. The first-order valence-electron chi connectivity index (χ1n) is 6.57. The minimum atomic E-state index is -0.352. The Hall–Kier alpha value is -1.35. The van der Waals surface area contributed by atoms with E-state index >= 15 is 0 Å². The van der Waals surface area contributed by atoms with Gasteiger partial charge in [0.2, 0.25) is 0 Å². The van der Waals surface area contributed by atoms with Gasteiger partial charge in [0.05, 0.1) is 13.7 Å². The number of benzene rings is 1. The van der Waals surface area contributed by atoms with E-state index in [1.165, 1.54) is 11.1 Å². The fourth-order valence-electron chi connectivity index (χ4n) is 3.20. The third-order valence-corrected chi connectivity index (χ3v) is 4.07.